The van der Waals surface area contributed by atoms with Crippen LogP contribution in [0.2, 0.25) is 0 Å². The maximum absolute atomic E-state index is 12.6. The molecular formula is C23H25N3O3. The second kappa shape index (κ2) is 8.11. The molecule has 0 amide bonds. The normalized spacial score (nSPS) is 15.1. The van der Waals surface area contributed by atoms with Crippen LogP contribution in [0.4, 0.5) is 5.69 Å². The van der Waals surface area contributed by atoms with E-state index in [0.717, 1.165) is 40.2 Å². The number of fused-ring (bicyclic) bond motifs is 3. The number of benzene rings is 2. The van der Waals surface area contributed by atoms with E-state index in [-0.39, 0.29) is 12.1 Å². The lowest BCUT2D eigenvalue weighted by atomic mass is 9.94. The fourth-order valence-corrected chi connectivity index (χ4v) is 3.72. The van der Waals surface area contributed by atoms with Gasteiger partial charge in [-0.1, -0.05) is 24.3 Å². The fraction of sp³-hybridized carbons (Fsp3) is 0.261. The smallest absolute Gasteiger partial charge is 0.340 e. The Hall–Kier alpha value is -3.09. The van der Waals surface area contributed by atoms with E-state index in [0.29, 0.717) is 12.2 Å². The summed E-state index contributed by atoms with van der Waals surface area (Å²) >= 11 is 0. The van der Waals surface area contributed by atoms with Gasteiger partial charge in [0.2, 0.25) is 0 Å². The molecule has 1 aliphatic rings. The first-order chi connectivity index (χ1) is 14.1. The molecule has 1 atom stereocenters. The Kier molecular flexibility index (Phi) is 5.38. The van der Waals surface area contributed by atoms with Crippen molar-refractivity contribution >= 4 is 11.7 Å². The summed E-state index contributed by atoms with van der Waals surface area (Å²) in [6, 6.07) is 14.6. The van der Waals surface area contributed by atoms with E-state index in [1.807, 2.05) is 20.0 Å². The first-order valence-electron chi connectivity index (χ1n) is 9.80. The zero-order chi connectivity index (χ0) is 20.4. The van der Waals surface area contributed by atoms with Crippen molar-refractivity contribution in [3.63, 3.8) is 0 Å². The summed E-state index contributed by atoms with van der Waals surface area (Å²) in [6.07, 6.45) is 1.46. The number of nitrogens with one attached hydrogen (secondary N) is 3. The number of H-pyrrole nitrogens is 1. The van der Waals surface area contributed by atoms with Crippen LogP contribution < -0.4 is 10.8 Å². The molecule has 6 heteroatoms. The summed E-state index contributed by atoms with van der Waals surface area (Å²) in [6.45, 7) is 4.88. The van der Waals surface area contributed by atoms with Crippen molar-refractivity contribution in [2.24, 2.45) is 0 Å². The third kappa shape index (κ3) is 3.64. The Balaban J connectivity index is 1.85. The molecule has 0 spiro atoms. The van der Waals surface area contributed by atoms with Crippen molar-refractivity contribution in [3.8, 4) is 22.3 Å². The highest BCUT2D eigenvalue weighted by molar-refractivity contribution is 6.01. The van der Waals surface area contributed by atoms with Gasteiger partial charge in [0.15, 0.2) is 0 Å². The lowest BCUT2D eigenvalue weighted by Gasteiger charge is -2.12. The summed E-state index contributed by atoms with van der Waals surface area (Å²) < 4.78 is 5.27. The van der Waals surface area contributed by atoms with Gasteiger partial charge in [0.1, 0.15) is 6.10 Å². The topological polar surface area (TPSA) is 75.4 Å². The van der Waals surface area contributed by atoms with Crippen LogP contribution in [-0.4, -0.2) is 24.6 Å². The van der Waals surface area contributed by atoms with E-state index in [1.54, 1.807) is 13.1 Å². The summed E-state index contributed by atoms with van der Waals surface area (Å²) in [5, 5.41) is 3.19. The Bertz CT molecular complexity index is 1040. The van der Waals surface area contributed by atoms with Crippen LogP contribution in [0.5, 0.6) is 0 Å². The molecule has 1 aromatic heterocycles. The molecule has 3 N–H and O–H groups in total. The number of aromatic nitrogens is 1. The van der Waals surface area contributed by atoms with Gasteiger partial charge in [0.25, 0.3) is 0 Å². The second-order valence-electron chi connectivity index (χ2n) is 7.06. The number of ether oxygens (including phenoxy) is 1. The van der Waals surface area contributed by atoms with Gasteiger partial charge in [-0.05, 0) is 55.8 Å². The van der Waals surface area contributed by atoms with Crippen molar-refractivity contribution in [2.75, 3.05) is 19.1 Å². The minimum absolute atomic E-state index is 0.247. The molecule has 2 heterocycles. The van der Waals surface area contributed by atoms with Crippen LogP contribution in [0.1, 0.15) is 41.6 Å². The molecule has 6 nitrogen and oxygen atoms in total. The lowest BCUT2D eigenvalue weighted by molar-refractivity contribution is 0.0527. The number of anilines is 1. The van der Waals surface area contributed by atoms with Crippen LogP contribution in [0, 0.1) is 0 Å². The van der Waals surface area contributed by atoms with Gasteiger partial charge in [-0.2, -0.15) is 0 Å². The van der Waals surface area contributed by atoms with Gasteiger partial charge in [0.05, 0.1) is 23.6 Å². The zero-order valence-corrected chi connectivity index (χ0v) is 16.8. The Morgan fingerprint density at radius 3 is 2.83 bits per heavy atom. The van der Waals surface area contributed by atoms with E-state index in [1.165, 1.54) is 5.56 Å². The third-order valence-corrected chi connectivity index (χ3v) is 5.09. The second-order valence-corrected chi connectivity index (χ2v) is 7.06. The number of rotatable bonds is 5. The van der Waals surface area contributed by atoms with Gasteiger partial charge in [0, 0.05) is 23.9 Å². The molecular weight excluding hydrogens is 366 g/mol. The molecule has 0 radical (unpaired) electrons. The van der Waals surface area contributed by atoms with Crippen LogP contribution >= 0.6 is 0 Å². The molecule has 1 unspecified atom stereocenters. The van der Waals surface area contributed by atoms with Gasteiger partial charge in [-0.3, -0.25) is 10.3 Å². The highest BCUT2D eigenvalue weighted by Crippen LogP contribution is 2.42. The predicted octanol–water partition coefficient (Wildman–Crippen LogP) is 4.66. The third-order valence-electron chi connectivity index (χ3n) is 5.09. The first kappa shape index (κ1) is 19.2. The fourth-order valence-electron chi connectivity index (χ4n) is 3.72. The average Bonchev–Trinajstić information content (AvgIpc) is 3.12. The molecule has 29 heavy (non-hydrogen) atoms. The van der Waals surface area contributed by atoms with Crippen LogP contribution in [-0.2, 0) is 16.1 Å². The quantitative estimate of drug-likeness (QED) is 0.552. The standard InChI is InChI=1S/C23H25N3O3/c1-4-28-23(27)19-13-25-22-14(2)29-26-20-9-8-17(11-18(20)21(19)22)16-7-5-6-15(10-16)12-24-3/h5-11,13-14,24-26H,4,12H2,1-3H3. The number of carbonyl (C=O) groups excluding carboxylic acids is 1. The predicted molar refractivity (Wildman–Crippen MR) is 114 cm³/mol. The van der Waals surface area contributed by atoms with Crippen LogP contribution in [0.15, 0.2) is 48.7 Å². The van der Waals surface area contributed by atoms with E-state index in [2.05, 4.69) is 52.2 Å². The minimum Gasteiger partial charge on any atom is -0.462 e. The summed E-state index contributed by atoms with van der Waals surface area (Å²) in [4.78, 5) is 21.5. The first-order valence-corrected chi connectivity index (χ1v) is 9.80. The number of esters is 1. The van der Waals surface area contributed by atoms with Crippen molar-refractivity contribution in [2.45, 2.75) is 26.5 Å². The number of hydrogen-bond donors (Lipinski definition) is 3. The van der Waals surface area contributed by atoms with Gasteiger partial charge >= 0.3 is 5.97 Å². The lowest BCUT2D eigenvalue weighted by Crippen LogP contribution is -2.05. The largest absolute Gasteiger partial charge is 0.462 e. The maximum Gasteiger partial charge on any atom is 0.340 e. The Morgan fingerprint density at radius 1 is 1.21 bits per heavy atom. The number of hydrogen-bond acceptors (Lipinski definition) is 5. The van der Waals surface area contributed by atoms with Crippen molar-refractivity contribution < 1.29 is 14.4 Å². The molecule has 2 aromatic carbocycles. The van der Waals surface area contributed by atoms with Crippen molar-refractivity contribution in [1.82, 2.24) is 10.3 Å². The minimum atomic E-state index is -0.341. The van der Waals surface area contributed by atoms with Gasteiger partial charge in [-0.25, -0.2) is 4.79 Å². The molecule has 0 saturated heterocycles. The molecule has 0 bridgehead atoms. The molecule has 0 aliphatic carbocycles. The van der Waals surface area contributed by atoms with Crippen LogP contribution in [0.25, 0.3) is 22.3 Å². The highest BCUT2D eigenvalue weighted by atomic mass is 16.7. The highest BCUT2D eigenvalue weighted by Gasteiger charge is 2.28. The number of carbonyl (C=O) groups is 1. The van der Waals surface area contributed by atoms with E-state index >= 15 is 0 Å². The Labute approximate surface area is 170 Å². The molecule has 3 aromatic rings. The van der Waals surface area contributed by atoms with Crippen molar-refractivity contribution in [1.29, 1.82) is 0 Å². The number of aromatic amines is 1. The molecule has 1 aliphatic heterocycles. The summed E-state index contributed by atoms with van der Waals surface area (Å²) in [5.74, 6) is -0.341. The van der Waals surface area contributed by atoms with Gasteiger partial charge in [-0.15, -0.1) is 0 Å². The van der Waals surface area contributed by atoms with Crippen LogP contribution in [0.3, 0.4) is 0 Å². The average molecular weight is 391 g/mol. The Morgan fingerprint density at radius 2 is 2.03 bits per heavy atom. The van der Waals surface area contributed by atoms with Crippen molar-refractivity contribution in [3.05, 3.63) is 65.5 Å². The molecule has 4 rings (SSSR count). The molecule has 0 fully saturated rings. The summed E-state index contributed by atoms with van der Waals surface area (Å²) in [7, 11) is 1.94. The maximum atomic E-state index is 12.6. The molecule has 150 valence electrons. The van der Waals surface area contributed by atoms with Gasteiger partial charge < -0.3 is 15.0 Å². The SMILES string of the molecule is CCOC(=O)c1c[nH]c2c1-c1cc(-c3cccc(CNC)c3)ccc1NOC2C. The van der Waals surface area contributed by atoms with E-state index < -0.39 is 0 Å². The van der Waals surface area contributed by atoms with E-state index in [9.17, 15) is 4.79 Å². The monoisotopic (exact) mass is 391 g/mol. The summed E-state index contributed by atoms with van der Waals surface area (Å²) in [5.41, 5.74) is 10.3. The molecule has 0 saturated carbocycles. The van der Waals surface area contributed by atoms with E-state index in [4.69, 9.17) is 9.57 Å². The zero-order valence-electron chi connectivity index (χ0n) is 16.8.